The van der Waals surface area contributed by atoms with Crippen molar-refractivity contribution in [3.05, 3.63) is 94.5 Å². The Hall–Kier alpha value is -3.32. The Labute approximate surface area is 208 Å². The van der Waals surface area contributed by atoms with Gasteiger partial charge in [0.15, 0.2) is 0 Å². The molecule has 0 bridgehead atoms. The summed E-state index contributed by atoms with van der Waals surface area (Å²) < 4.78 is 31.7. The Kier molecular flexibility index (Phi) is 7.45. The first-order valence-corrected chi connectivity index (χ1v) is 13.8. The summed E-state index contributed by atoms with van der Waals surface area (Å²) >= 11 is 0. The number of anilines is 1. The molecule has 0 heterocycles. The monoisotopic (exact) mass is 492 g/mol. The smallest absolute Gasteiger partial charge is 0.251 e. The molecule has 0 aromatic heterocycles. The average molecular weight is 493 g/mol. The van der Waals surface area contributed by atoms with Crippen LogP contribution in [0.15, 0.2) is 66.7 Å². The number of carbonyl (C=O) groups excluding carboxylic acids is 1. The lowest BCUT2D eigenvalue weighted by Gasteiger charge is -2.23. The molecule has 0 saturated carbocycles. The van der Waals surface area contributed by atoms with E-state index in [-0.39, 0.29) is 18.5 Å². The maximum atomic E-state index is 12.8. The molecule has 0 aliphatic heterocycles. The molecule has 1 N–H and O–H groups in total. The lowest BCUT2D eigenvalue weighted by Crippen LogP contribution is -2.29. The molecular formula is C28H32N2O4S. The molecule has 0 radical (unpaired) electrons. The summed E-state index contributed by atoms with van der Waals surface area (Å²) in [5.74, 6) is 0.533. The van der Waals surface area contributed by atoms with Crippen molar-refractivity contribution in [1.29, 1.82) is 0 Å². The van der Waals surface area contributed by atoms with Crippen molar-refractivity contribution < 1.29 is 17.9 Å². The van der Waals surface area contributed by atoms with Crippen LogP contribution in [0.4, 0.5) is 5.69 Å². The van der Waals surface area contributed by atoms with Gasteiger partial charge in [0.2, 0.25) is 10.0 Å². The summed E-state index contributed by atoms with van der Waals surface area (Å²) in [7, 11) is -3.51. The highest BCUT2D eigenvalue weighted by Crippen LogP contribution is 2.26. The van der Waals surface area contributed by atoms with Gasteiger partial charge in [0.1, 0.15) is 5.75 Å². The van der Waals surface area contributed by atoms with Crippen molar-refractivity contribution in [1.82, 2.24) is 5.32 Å². The van der Waals surface area contributed by atoms with Crippen LogP contribution in [0.1, 0.15) is 58.9 Å². The van der Waals surface area contributed by atoms with Crippen LogP contribution < -0.4 is 14.4 Å². The largest absolute Gasteiger partial charge is 0.494 e. The van der Waals surface area contributed by atoms with E-state index in [1.165, 1.54) is 28.1 Å². The fourth-order valence-corrected chi connectivity index (χ4v) is 5.32. The Morgan fingerprint density at radius 3 is 2.34 bits per heavy atom. The summed E-state index contributed by atoms with van der Waals surface area (Å²) in [5, 5.41) is 3.07. The first-order chi connectivity index (χ1) is 16.7. The molecule has 0 saturated heterocycles. The van der Waals surface area contributed by atoms with E-state index in [4.69, 9.17) is 4.74 Å². The number of fused-ring (bicyclic) bond motifs is 1. The number of ether oxygens (including phenoxy) is 1. The van der Waals surface area contributed by atoms with Crippen LogP contribution in [0.2, 0.25) is 0 Å². The van der Waals surface area contributed by atoms with Gasteiger partial charge in [-0.3, -0.25) is 9.10 Å². The first kappa shape index (κ1) is 24.8. The zero-order chi connectivity index (χ0) is 25.0. The van der Waals surface area contributed by atoms with E-state index in [2.05, 4.69) is 23.5 Å². The standard InChI is InChI=1S/C28H32N2O4S/c1-4-34-27-16-14-26(15-17-27)30(35(3,32)33)19-21-8-10-23(11-9-21)28(31)29-20(2)24-13-12-22-6-5-7-25(22)18-24/h8-18,20H,4-7,19H2,1-3H3,(H,29,31)/t20-/m1/s1. The van der Waals surface area contributed by atoms with Gasteiger partial charge in [-0.05, 0) is 91.8 Å². The fraction of sp³-hybridized carbons (Fsp3) is 0.321. The van der Waals surface area contributed by atoms with Gasteiger partial charge in [-0.25, -0.2) is 8.42 Å². The van der Waals surface area contributed by atoms with Crippen LogP contribution in [0.5, 0.6) is 5.75 Å². The zero-order valence-electron chi connectivity index (χ0n) is 20.5. The first-order valence-electron chi connectivity index (χ1n) is 12.0. The quantitative estimate of drug-likeness (QED) is 0.455. The van der Waals surface area contributed by atoms with E-state index in [1.54, 1.807) is 48.5 Å². The molecule has 3 aromatic rings. The minimum absolute atomic E-state index is 0.103. The third-order valence-corrected chi connectivity index (χ3v) is 7.49. The third-order valence-electron chi connectivity index (χ3n) is 6.35. The summed E-state index contributed by atoms with van der Waals surface area (Å²) in [6.45, 7) is 4.60. The predicted molar refractivity (Wildman–Crippen MR) is 139 cm³/mol. The van der Waals surface area contributed by atoms with E-state index >= 15 is 0 Å². The second-order valence-electron chi connectivity index (χ2n) is 8.97. The van der Waals surface area contributed by atoms with Crippen LogP contribution in [0.25, 0.3) is 0 Å². The molecule has 7 heteroatoms. The number of aryl methyl sites for hydroxylation is 2. The number of nitrogens with zero attached hydrogens (tertiary/aromatic N) is 1. The Morgan fingerprint density at radius 2 is 1.69 bits per heavy atom. The number of benzene rings is 3. The Balaban J connectivity index is 1.43. The molecule has 0 unspecified atom stereocenters. The van der Waals surface area contributed by atoms with Crippen LogP contribution in [-0.2, 0) is 29.4 Å². The van der Waals surface area contributed by atoms with E-state index in [0.717, 1.165) is 24.0 Å². The molecule has 35 heavy (non-hydrogen) atoms. The molecule has 3 aromatic carbocycles. The van der Waals surface area contributed by atoms with Crippen LogP contribution in [-0.4, -0.2) is 27.2 Å². The normalized spacial score (nSPS) is 13.7. The highest BCUT2D eigenvalue weighted by molar-refractivity contribution is 7.92. The van der Waals surface area contributed by atoms with Gasteiger partial charge < -0.3 is 10.1 Å². The van der Waals surface area contributed by atoms with Crippen LogP contribution in [0.3, 0.4) is 0 Å². The van der Waals surface area contributed by atoms with Crippen LogP contribution in [0, 0.1) is 0 Å². The molecule has 1 amide bonds. The van der Waals surface area contributed by atoms with Crippen molar-refractivity contribution in [2.75, 3.05) is 17.2 Å². The van der Waals surface area contributed by atoms with Crippen molar-refractivity contribution in [2.24, 2.45) is 0 Å². The van der Waals surface area contributed by atoms with E-state index < -0.39 is 10.0 Å². The Morgan fingerprint density at radius 1 is 1.00 bits per heavy atom. The van der Waals surface area contributed by atoms with Crippen molar-refractivity contribution in [2.45, 2.75) is 45.7 Å². The van der Waals surface area contributed by atoms with E-state index in [0.29, 0.717) is 23.6 Å². The molecule has 0 spiro atoms. The molecule has 1 aliphatic carbocycles. The molecular weight excluding hydrogens is 460 g/mol. The number of sulfonamides is 1. The number of amides is 1. The maximum absolute atomic E-state index is 12.8. The van der Waals surface area contributed by atoms with Crippen molar-refractivity contribution in [3.63, 3.8) is 0 Å². The van der Waals surface area contributed by atoms with E-state index in [9.17, 15) is 13.2 Å². The lowest BCUT2D eigenvalue weighted by atomic mass is 10.0. The number of hydrogen-bond acceptors (Lipinski definition) is 4. The topological polar surface area (TPSA) is 75.7 Å². The molecule has 6 nitrogen and oxygen atoms in total. The molecule has 184 valence electrons. The molecule has 1 atom stereocenters. The summed E-state index contributed by atoms with van der Waals surface area (Å²) in [6, 6.07) is 20.4. The van der Waals surface area contributed by atoms with Crippen molar-refractivity contribution in [3.8, 4) is 5.75 Å². The maximum Gasteiger partial charge on any atom is 0.251 e. The third kappa shape index (κ3) is 6.03. The predicted octanol–water partition coefficient (Wildman–Crippen LogP) is 5.03. The molecule has 1 aliphatic rings. The van der Waals surface area contributed by atoms with Gasteiger partial charge in [-0.1, -0.05) is 30.3 Å². The van der Waals surface area contributed by atoms with Gasteiger partial charge in [-0.2, -0.15) is 0 Å². The number of carbonyl (C=O) groups is 1. The summed E-state index contributed by atoms with van der Waals surface area (Å²) in [6.07, 6.45) is 4.62. The second kappa shape index (κ2) is 10.5. The highest BCUT2D eigenvalue weighted by atomic mass is 32.2. The van der Waals surface area contributed by atoms with Gasteiger partial charge in [0.05, 0.1) is 31.1 Å². The van der Waals surface area contributed by atoms with Crippen molar-refractivity contribution >= 4 is 21.6 Å². The van der Waals surface area contributed by atoms with Gasteiger partial charge in [-0.15, -0.1) is 0 Å². The number of hydrogen-bond donors (Lipinski definition) is 1. The van der Waals surface area contributed by atoms with Gasteiger partial charge in [0.25, 0.3) is 5.91 Å². The molecule has 4 rings (SSSR count). The molecule has 0 fully saturated rings. The zero-order valence-corrected chi connectivity index (χ0v) is 21.3. The summed E-state index contributed by atoms with van der Waals surface area (Å²) in [4.78, 5) is 12.8. The Bertz CT molecular complexity index is 1290. The highest BCUT2D eigenvalue weighted by Gasteiger charge is 2.19. The average Bonchev–Trinajstić information content (AvgIpc) is 3.31. The minimum Gasteiger partial charge on any atom is -0.494 e. The SMILES string of the molecule is CCOc1ccc(N(Cc2ccc(C(=O)N[C@H](C)c3ccc4c(c3)CCC4)cc2)S(C)(=O)=O)cc1. The lowest BCUT2D eigenvalue weighted by molar-refractivity contribution is 0.0940. The number of nitrogens with one attached hydrogen (secondary N) is 1. The fourth-order valence-electron chi connectivity index (χ4n) is 4.43. The minimum atomic E-state index is -3.51. The van der Waals surface area contributed by atoms with Gasteiger partial charge in [0, 0.05) is 5.56 Å². The van der Waals surface area contributed by atoms with Gasteiger partial charge >= 0.3 is 0 Å². The van der Waals surface area contributed by atoms with E-state index in [1.807, 2.05) is 13.8 Å². The number of rotatable bonds is 9. The van der Waals surface area contributed by atoms with Crippen LogP contribution >= 0.6 is 0 Å². The second-order valence-corrected chi connectivity index (χ2v) is 10.9. The summed E-state index contributed by atoms with van der Waals surface area (Å²) in [5.41, 5.74) is 5.78.